The molecule has 0 aliphatic heterocycles. The van der Waals surface area contributed by atoms with Crippen molar-refractivity contribution in [1.82, 2.24) is 10.3 Å². The van der Waals surface area contributed by atoms with E-state index < -0.39 is 5.54 Å². The van der Waals surface area contributed by atoms with Crippen LogP contribution < -0.4 is 10.6 Å². The Hall–Kier alpha value is -1.62. The highest BCUT2D eigenvalue weighted by atomic mass is 16.5. The van der Waals surface area contributed by atoms with Gasteiger partial charge in [0.15, 0.2) is 0 Å². The quantitative estimate of drug-likeness (QED) is 0.807. The Kier molecular flexibility index (Phi) is 5.09. The van der Waals surface area contributed by atoms with Crippen LogP contribution in [0.3, 0.4) is 0 Å². The number of aromatic nitrogens is 1. The summed E-state index contributed by atoms with van der Waals surface area (Å²) in [5.41, 5.74) is 0.902. The maximum absolute atomic E-state index is 12.0. The van der Waals surface area contributed by atoms with Crippen LogP contribution in [0.25, 0.3) is 0 Å². The number of rotatable bonds is 6. The number of hydrogen-bond acceptors (Lipinski definition) is 4. The molecule has 18 heavy (non-hydrogen) atoms. The van der Waals surface area contributed by atoms with Crippen LogP contribution in [0.5, 0.6) is 0 Å². The Morgan fingerprint density at radius 2 is 2.17 bits per heavy atom. The van der Waals surface area contributed by atoms with Gasteiger partial charge in [-0.1, -0.05) is 0 Å². The number of anilines is 1. The lowest BCUT2D eigenvalue weighted by Gasteiger charge is -2.24. The topological polar surface area (TPSA) is 63.2 Å². The molecular formula is C13H21N3O2. The van der Waals surface area contributed by atoms with Crippen molar-refractivity contribution in [1.29, 1.82) is 0 Å². The Balaban J connectivity index is 2.67. The van der Waals surface area contributed by atoms with Gasteiger partial charge in [-0.25, -0.2) is 4.98 Å². The van der Waals surface area contributed by atoms with E-state index in [-0.39, 0.29) is 5.91 Å². The first-order valence-electron chi connectivity index (χ1n) is 6.00. The van der Waals surface area contributed by atoms with E-state index in [0.717, 1.165) is 12.2 Å². The van der Waals surface area contributed by atoms with E-state index in [9.17, 15) is 4.79 Å². The summed E-state index contributed by atoms with van der Waals surface area (Å²) in [4.78, 5) is 16.1. The number of carbonyl (C=O) groups is 1. The lowest BCUT2D eigenvalue weighted by atomic mass is 10.1. The second-order valence-electron chi connectivity index (χ2n) is 4.73. The molecule has 0 saturated heterocycles. The number of methoxy groups -OCH3 is 1. The van der Waals surface area contributed by atoms with Gasteiger partial charge in [-0.3, -0.25) is 4.79 Å². The van der Waals surface area contributed by atoms with E-state index in [1.165, 1.54) is 0 Å². The van der Waals surface area contributed by atoms with Crippen molar-refractivity contribution in [2.75, 3.05) is 25.6 Å². The van der Waals surface area contributed by atoms with E-state index >= 15 is 0 Å². The van der Waals surface area contributed by atoms with Gasteiger partial charge in [0.2, 0.25) is 0 Å². The third-order valence-corrected chi connectivity index (χ3v) is 2.33. The highest BCUT2D eigenvalue weighted by Crippen LogP contribution is 2.08. The first-order chi connectivity index (χ1) is 8.48. The van der Waals surface area contributed by atoms with Gasteiger partial charge < -0.3 is 15.4 Å². The fourth-order valence-electron chi connectivity index (χ4n) is 1.61. The van der Waals surface area contributed by atoms with E-state index in [4.69, 9.17) is 4.74 Å². The molecule has 0 fully saturated rings. The SMILES string of the molecule is CCNc1ccc(C(=O)NC(C)(C)COC)nc1. The summed E-state index contributed by atoms with van der Waals surface area (Å²) in [5.74, 6) is -0.194. The second-order valence-corrected chi connectivity index (χ2v) is 4.73. The molecule has 0 atom stereocenters. The zero-order valence-electron chi connectivity index (χ0n) is 11.4. The van der Waals surface area contributed by atoms with Crippen LogP contribution in [0.1, 0.15) is 31.3 Å². The van der Waals surface area contributed by atoms with Gasteiger partial charge in [0.25, 0.3) is 5.91 Å². The second kappa shape index (κ2) is 6.35. The lowest BCUT2D eigenvalue weighted by molar-refractivity contribution is 0.0815. The van der Waals surface area contributed by atoms with Crippen molar-refractivity contribution in [3.8, 4) is 0 Å². The Morgan fingerprint density at radius 3 is 2.67 bits per heavy atom. The summed E-state index contributed by atoms with van der Waals surface area (Å²) < 4.78 is 5.05. The number of hydrogen-bond donors (Lipinski definition) is 2. The number of nitrogens with zero attached hydrogens (tertiary/aromatic N) is 1. The summed E-state index contributed by atoms with van der Waals surface area (Å²) in [6, 6.07) is 3.55. The minimum absolute atomic E-state index is 0.194. The third kappa shape index (κ3) is 4.33. The molecule has 100 valence electrons. The minimum atomic E-state index is -0.409. The van der Waals surface area contributed by atoms with Crippen molar-refractivity contribution in [2.45, 2.75) is 26.3 Å². The van der Waals surface area contributed by atoms with Gasteiger partial charge in [-0.15, -0.1) is 0 Å². The highest BCUT2D eigenvalue weighted by molar-refractivity contribution is 5.92. The van der Waals surface area contributed by atoms with Crippen LogP contribution in [-0.4, -0.2) is 36.7 Å². The van der Waals surface area contributed by atoms with Crippen molar-refractivity contribution >= 4 is 11.6 Å². The zero-order valence-corrected chi connectivity index (χ0v) is 11.4. The molecule has 5 heteroatoms. The first-order valence-corrected chi connectivity index (χ1v) is 6.00. The number of pyridine rings is 1. The molecule has 0 aromatic carbocycles. The van der Waals surface area contributed by atoms with Gasteiger partial charge in [-0.05, 0) is 32.9 Å². The molecule has 0 aliphatic carbocycles. The molecule has 5 nitrogen and oxygen atoms in total. The lowest BCUT2D eigenvalue weighted by Crippen LogP contribution is -2.47. The predicted octanol–water partition coefficient (Wildman–Crippen LogP) is 1.67. The zero-order chi connectivity index (χ0) is 13.6. The van der Waals surface area contributed by atoms with Crippen molar-refractivity contribution < 1.29 is 9.53 Å². The van der Waals surface area contributed by atoms with Crippen molar-refractivity contribution in [2.24, 2.45) is 0 Å². The molecule has 2 N–H and O–H groups in total. The molecule has 0 bridgehead atoms. The van der Waals surface area contributed by atoms with Crippen LogP contribution in [0, 0.1) is 0 Å². The number of nitrogens with one attached hydrogen (secondary N) is 2. The molecule has 1 aromatic heterocycles. The number of amides is 1. The molecule has 1 aromatic rings. The van der Waals surface area contributed by atoms with Crippen LogP contribution in [0.15, 0.2) is 18.3 Å². The average molecular weight is 251 g/mol. The van der Waals surface area contributed by atoms with Gasteiger partial charge in [0.05, 0.1) is 24.0 Å². The Labute approximate surface area is 108 Å². The van der Waals surface area contributed by atoms with Gasteiger partial charge in [0, 0.05) is 13.7 Å². The molecule has 1 rings (SSSR count). The summed E-state index contributed by atoms with van der Waals surface area (Å²) in [5, 5.41) is 6.01. The van der Waals surface area contributed by atoms with Crippen LogP contribution >= 0.6 is 0 Å². The summed E-state index contributed by atoms with van der Waals surface area (Å²) in [7, 11) is 1.61. The molecule has 0 radical (unpaired) electrons. The average Bonchev–Trinajstić information content (AvgIpc) is 2.29. The van der Waals surface area contributed by atoms with Crippen molar-refractivity contribution in [3.05, 3.63) is 24.0 Å². The maximum atomic E-state index is 12.0. The van der Waals surface area contributed by atoms with Crippen LogP contribution in [0.2, 0.25) is 0 Å². The summed E-state index contributed by atoms with van der Waals surface area (Å²) >= 11 is 0. The maximum Gasteiger partial charge on any atom is 0.270 e. The predicted molar refractivity (Wildman–Crippen MR) is 71.8 cm³/mol. The van der Waals surface area contributed by atoms with Gasteiger partial charge >= 0.3 is 0 Å². The highest BCUT2D eigenvalue weighted by Gasteiger charge is 2.21. The van der Waals surface area contributed by atoms with Crippen LogP contribution in [0.4, 0.5) is 5.69 Å². The Bertz CT molecular complexity index is 388. The van der Waals surface area contributed by atoms with Gasteiger partial charge in [0.1, 0.15) is 5.69 Å². The monoisotopic (exact) mass is 251 g/mol. The molecule has 0 saturated carbocycles. The minimum Gasteiger partial charge on any atom is -0.384 e. The number of ether oxygens (including phenoxy) is 1. The fourth-order valence-corrected chi connectivity index (χ4v) is 1.61. The standard InChI is InChI=1S/C13H21N3O2/c1-5-14-10-6-7-11(15-8-10)12(17)16-13(2,3)9-18-4/h6-8,14H,5,9H2,1-4H3,(H,16,17). The third-order valence-electron chi connectivity index (χ3n) is 2.33. The van der Waals surface area contributed by atoms with Gasteiger partial charge in [-0.2, -0.15) is 0 Å². The van der Waals surface area contributed by atoms with Crippen LogP contribution in [-0.2, 0) is 4.74 Å². The number of carbonyl (C=O) groups excluding carboxylic acids is 1. The smallest absolute Gasteiger partial charge is 0.270 e. The molecule has 0 aliphatic rings. The summed E-state index contributed by atoms with van der Waals surface area (Å²) in [6.45, 7) is 7.10. The van der Waals surface area contributed by atoms with E-state index in [0.29, 0.717) is 12.3 Å². The van der Waals surface area contributed by atoms with E-state index in [1.54, 1.807) is 19.4 Å². The fraction of sp³-hybridized carbons (Fsp3) is 0.538. The molecule has 0 unspecified atom stereocenters. The molecule has 1 heterocycles. The molecule has 1 amide bonds. The normalized spacial score (nSPS) is 11.1. The Morgan fingerprint density at radius 1 is 1.44 bits per heavy atom. The van der Waals surface area contributed by atoms with Crippen molar-refractivity contribution in [3.63, 3.8) is 0 Å². The summed E-state index contributed by atoms with van der Waals surface area (Å²) in [6.07, 6.45) is 1.65. The first kappa shape index (κ1) is 14.4. The van der Waals surface area contributed by atoms with E-state index in [2.05, 4.69) is 15.6 Å². The molecule has 0 spiro atoms. The van der Waals surface area contributed by atoms with E-state index in [1.807, 2.05) is 26.8 Å². The largest absolute Gasteiger partial charge is 0.384 e. The molecular weight excluding hydrogens is 230 g/mol.